The first-order valence-electron chi connectivity index (χ1n) is 2.22. The van der Waals surface area contributed by atoms with Gasteiger partial charge in [-0.05, 0) is 6.42 Å². The second-order valence-electron chi connectivity index (χ2n) is 1.33. The van der Waals surface area contributed by atoms with E-state index in [0.717, 1.165) is 0 Å². The van der Waals surface area contributed by atoms with E-state index in [1.165, 1.54) is 6.08 Å². The van der Waals surface area contributed by atoms with Crippen LogP contribution >= 0.6 is 0 Å². The van der Waals surface area contributed by atoms with Gasteiger partial charge in [0.15, 0.2) is 0 Å². The van der Waals surface area contributed by atoms with Gasteiger partial charge in [0.25, 0.3) is 0 Å². The third-order valence-corrected chi connectivity index (χ3v) is 0.680. The summed E-state index contributed by atoms with van der Waals surface area (Å²) in [6.45, 7) is 6.82. The van der Waals surface area contributed by atoms with Crippen molar-refractivity contribution < 1.29 is 5.11 Å². The molecule has 2 heteroatoms. The van der Waals surface area contributed by atoms with Crippen molar-refractivity contribution in [1.82, 2.24) is 0 Å². The summed E-state index contributed by atoms with van der Waals surface area (Å²) in [5.74, 6) is 0. The Bertz CT molecular complexity index is 70.9. The van der Waals surface area contributed by atoms with Gasteiger partial charge in [-0.15, -0.1) is 13.2 Å². The molecule has 0 amide bonds. The zero-order valence-corrected chi connectivity index (χ0v) is 4.30. The first-order valence-corrected chi connectivity index (χ1v) is 2.22. The van der Waals surface area contributed by atoms with Crippen LogP contribution in [0.4, 0.5) is 0 Å². The van der Waals surface area contributed by atoms with Crippen LogP contribution in [0.5, 0.6) is 0 Å². The zero-order chi connectivity index (χ0) is 5.70. The average molecular weight is 138 g/mol. The summed E-state index contributed by atoms with van der Waals surface area (Å²) >= 11 is 0. The number of hydrogen-bond acceptors (Lipinski definition) is 1. The molecule has 42 valence electrons. The third-order valence-electron chi connectivity index (χ3n) is 0.680. The molecule has 8 heavy (non-hydrogen) atoms. The fourth-order valence-corrected chi connectivity index (χ4v) is 0.267. The molecule has 0 aromatic rings. The molecule has 0 bridgehead atoms. The first-order chi connectivity index (χ1) is 3.31. The average Bonchev–Trinajstić information content (AvgIpc) is 1.68. The third kappa shape index (κ3) is 7.08. The van der Waals surface area contributed by atoms with Gasteiger partial charge in [-0.2, -0.15) is 0 Å². The summed E-state index contributed by atoms with van der Waals surface area (Å²) in [5.41, 5.74) is 0. The van der Waals surface area contributed by atoms with Crippen molar-refractivity contribution in [3.05, 3.63) is 25.3 Å². The minimum absolute atomic E-state index is 0. The van der Waals surface area contributed by atoms with Gasteiger partial charge in [-0.1, -0.05) is 12.2 Å². The maximum atomic E-state index is 8.67. The van der Waals surface area contributed by atoms with Crippen LogP contribution in [-0.4, -0.2) is 62.6 Å². The summed E-state index contributed by atoms with van der Waals surface area (Å²) in [5, 5.41) is 8.67. The topological polar surface area (TPSA) is 20.2 Å². The van der Waals surface area contributed by atoms with Crippen molar-refractivity contribution in [3.63, 3.8) is 0 Å². The van der Waals surface area contributed by atoms with Crippen LogP contribution < -0.4 is 0 Å². The summed E-state index contributed by atoms with van der Waals surface area (Å²) in [4.78, 5) is 0. The van der Waals surface area contributed by atoms with Crippen molar-refractivity contribution in [1.29, 1.82) is 0 Å². The van der Waals surface area contributed by atoms with E-state index < -0.39 is 6.10 Å². The van der Waals surface area contributed by atoms with Crippen molar-refractivity contribution in [2.75, 3.05) is 0 Å². The van der Waals surface area contributed by atoms with Gasteiger partial charge in [0.2, 0.25) is 0 Å². The van der Waals surface area contributed by atoms with E-state index in [4.69, 9.17) is 5.11 Å². The Morgan fingerprint density at radius 3 is 2.12 bits per heavy atom. The Morgan fingerprint density at radius 2 is 2.00 bits per heavy atom. The van der Waals surface area contributed by atoms with Crippen molar-refractivity contribution in [3.8, 4) is 0 Å². The molecule has 0 aliphatic carbocycles. The molecule has 0 aromatic carbocycles. The molecule has 0 heterocycles. The SMILES string of the molecule is C=CCC(O)C=C.[KH]. The molecule has 0 rings (SSSR count). The summed E-state index contributed by atoms with van der Waals surface area (Å²) in [7, 11) is 0. The number of rotatable bonds is 3. The summed E-state index contributed by atoms with van der Waals surface area (Å²) < 4.78 is 0. The van der Waals surface area contributed by atoms with Crippen molar-refractivity contribution in [2.24, 2.45) is 0 Å². The Kier molecular flexibility index (Phi) is 11.9. The van der Waals surface area contributed by atoms with Crippen LogP contribution in [0.15, 0.2) is 25.3 Å². The number of hydrogen-bond donors (Lipinski definition) is 1. The van der Waals surface area contributed by atoms with Gasteiger partial charge in [0, 0.05) is 0 Å². The fraction of sp³-hybridized carbons (Fsp3) is 0.333. The standard InChI is InChI=1S/C6H10O.K.H/c1-3-5-6(7)4-2;;/h3-4,6-7H,1-2,5H2;;. The Labute approximate surface area is 92.9 Å². The monoisotopic (exact) mass is 138 g/mol. The molecule has 0 saturated carbocycles. The molecule has 0 aliphatic rings. The van der Waals surface area contributed by atoms with Gasteiger partial charge in [0.1, 0.15) is 0 Å². The quantitative estimate of drug-likeness (QED) is 0.444. The Balaban J connectivity index is 0. The predicted octanol–water partition coefficient (Wildman–Crippen LogP) is 0.461. The zero-order valence-electron chi connectivity index (χ0n) is 4.30. The molecule has 0 radical (unpaired) electrons. The molecule has 1 nitrogen and oxygen atoms in total. The van der Waals surface area contributed by atoms with Crippen LogP contribution in [0.25, 0.3) is 0 Å². The van der Waals surface area contributed by atoms with Crippen LogP contribution in [-0.2, 0) is 0 Å². The first kappa shape index (κ1) is 11.8. The van der Waals surface area contributed by atoms with Gasteiger partial charge >= 0.3 is 51.4 Å². The molecule has 0 fully saturated rings. The van der Waals surface area contributed by atoms with E-state index in [0.29, 0.717) is 6.42 Å². The molecule has 0 aliphatic heterocycles. The summed E-state index contributed by atoms with van der Waals surface area (Å²) in [6, 6.07) is 0. The van der Waals surface area contributed by atoms with Crippen LogP contribution in [0.3, 0.4) is 0 Å². The van der Waals surface area contributed by atoms with E-state index in [1.807, 2.05) is 0 Å². The Morgan fingerprint density at radius 1 is 1.50 bits per heavy atom. The van der Waals surface area contributed by atoms with Crippen LogP contribution in [0.2, 0.25) is 0 Å². The van der Waals surface area contributed by atoms with Crippen LogP contribution in [0.1, 0.15) is 6.42 Å². The molecule has 1 N–H and O–H groups in total. The molecule has 0 aromatic heterocycles. The molecule has 1 unspecified atom stereocenters. The normalized spacial score (nSPS) is 11.1. The summed E-state index contributed by atoms with van der Waals surface area (Å²) in [6.07, 6.45) is 3.34. The number of aliphatic hydroxyl groups excluding tert-OH is 1. The van der Waals surface area contributed by atoms with Gasteiger partial charge in [-0.3, -0.25) is 0 Å². The fourth-order valence-electron chi connectivity index (χ4n) is 0.267. The van der Waals surface area contributed by atoms with Crippen LogP contribution in [0, 0.1) is 0 Å². The predicted molar refractivity (Wildman–Crippen MR) is 38.2 cm³/mol. The minimum atomic E-state index is -0.405. The van der Waals surface area contributed by atoms with E-state index in [2.05, 4.69) is 13.2 Å². The van der Waals surface area contributed by atoms with Gasteiger partial charge in [-0.25, -0.2) is 0 Å². The van der Waals surface area contributed by atoms with E-state index >= 15 is 0 Å². The van der Waals surface area contributed by atoms with Crippen molar-refractivity contribution in [2.45, 2.75) is 12.5 Å². The van der Waals surface area contributed by atoms with E-state index in [-0.39, 0.29) is 51.4 Å². The number of aliphatic hydroxyl groups is 1. The molecular formula is C6H11KO. The Hall–Kier alpha value is 1.08. The molecule has 1 atom stereocenters. The van der Waals surface area contributed by atoms with Gasteiger partial charge < -0.3 is 5.11 Å². The van der Waals surface area contributed by atoms with Gasteiger partial charge in [0.05, 0.1) is 6.10 Å². The van der Waals surface area contributed by atoms with E-state index in [1.54, 1.807) is 6.08 Å². The molecule has 0 spiro atoms. The second kappa shape index (κ2) is 8.08. The second-order valence-corrected chi connectivity index (χ2v) is 1.33. The molecule has 0 saturated heterocycles. The molecular weight excluding hydrogens is 127 g/mol. The van der Waals surface area contributed by atoms with E-state index in [9.17, 15) is 0 Å². The maximum absolute atomic E-state index is 8.67. The van der Waals surface area contributed by atoms with Crippen molar-refractivity contribution >= 4 is 51.4 Å².